The molecule has 34 heavy (non-hydrogen) atoms. The zero-order valence-electron chi connectivity index (χ0n) is 18.8. The van der Waals surface area contributed by atoms with Crippen LogP contribution in [-0.4, -0.2) is 38.4 Å². The Morgan fingerprint density at radius 1 is 0.588 bits per heavy atom. The number of hydrogen-bond donors (Lipinski definition) is 0. The summed E-state index contributed by atoms with van der Waals surface area (Å²) in [5.41, 5.74) is 4.27. The highest BCUT2D eigenvalue weighted by Gasteiger charge is 2.04. The Balaban J connectivity index is 1.57. The van der Waals surface area contributed by atoms with Gasteiger partial charge >= 0.3 is 11.9 Å². The van der Waals surface area contributed by atoms with Crippen LogP contribution in [-0.2, 0) is 19.1 Å². The topological polar surface area (TPSA) is 71.1 Å². The molecule has 0 heterocycles. The van der Waals surface area contributed by atoms with Crippen molar-refractivity contribution in [2.24, 2.45) is 0 Å². The van der Waals surface area contributed by atoms with Gasteiger partial charge in [0.1, 0.15) is 37.9 Å². The van der Waals surface area contributed by atoms with Crippen molar-refractivity contribution in [2.75, 3.05) is 26.4 Å². The quantitative estimate of drug-likeness (QED) is 0.210. The van der Waals surface area contributed by atoms with Crippen molar-refractivity contribution < 1.29 is 28.5 Å². The Labute approximate surface area is 199 Å². The van der Waals surface area contributed by atoms with Crippen molar-refractivity contribution in [3.63, 3.8) is 0 Å². The van der Waals surface area contributed by atoms with Crippen molar-refractivity contribution >= 4 is 11.9 Å². The molecule has 3 aromatic carbocycles. The third-order valence-corrected chi connectivity index (χ3v) is 4.76. The Kier molecular flexibility index (Phi) is 9.05. The molecule has 0 aromatic heterocycles. The monoisotopic (exact) mass is 458 g/mol. The van der Waals surface area contributed by atoms with Crippen LogP contribution >= 0.6 is 0 Å². The first-order valence-electron chi connectivity index (χ1n) is 10.7. The summed E-state index contributed by atoms with van der Waals surface area (Å²) in [5.74, 6) is 0.467. The molecule has 0 spiro atoms. The number of rotatable bonds is 12. The second-order valence-electron chi connectivity index (χ2n) is 7.07. The molecule has 0 unspecified atom stereocenters. The minimum absolute atomic E-state index is 0.168. The zero-order valence-corrected chi connectivity index (χ0v) is 18.8. The molecule has 0 aliphatic heterocycles. The van der Waals surface area contributed by atoms with E-state index in [2.05, 4.69) is 31.4 Å². The predicted octanol–water partition coefficient (Wildman–Crippen LogP) is 5.24. The fourth-order valence-corrected chi connectivity index (χ4v) is 3.09. The summed E-state index contributed by atoms with van der Waals surface area (Å²) in [6.07, 6.45) is 2.25. The van der Waals surface area contributed by atoms with E-state index in [9.17, 15) is 9.59 Å². The van der Waals surface area contributed by atoms with Gasteiger partial charge in [0.05, 0.1) is 0 Å². The minimum atomic E-state index is -0.465. The van der Waals surface area contributed by atoms with Gasteiger partial charge in [-0.1, -0.05) is 55.6 Å². The second kappa shape index (κ2) is 12.6. The molecule has 0 N–H and O–H groups in total. The highest BCUT2D eigenvalue weighted by Crippen LogP contribution is 2.28. The third-order valence-electron chi connectivity index (χ3n) is 4.76. The highest BCUT2D eigenvalue weighted by molar-refractivity contribution is 5.81. The van der Waals surface area contributed by atoms with Gasteiger partial charge in [-0.3, -0.25) is 0 Å². The molecule has 3 rings (SSSR count). The van der Waals surface area contributed by atoms with E-state index >= 15 is 0 Å². The molecule has 0 saturated heterocycles. The van der Waals surface area contributed by atoms with Gasteiger partial charge in [-0.15, -0.1) is 0 Å². The lowest BCUT2D eigenvalue weighted by Gasteiger charge is -2.10. The van der Waals surface area contributed by atoms with Crippen molar-refractivity contribution in [3.8, 4) is 33.8 Å². The van der Waals surface area contributed by atoms with Crippen LogP contribution in [0.2, 0.25) is 0 Å². The molecule has 0 saturated carbocycles. The molecule has 174 valence electrons. The van der Waals surface area contributed by atoms with Crippen LogP contribution in [0.5, 0.6) is 11.5 Å². The van der Waals surface area contributed by atoms with Gasteiger partial charge in [0.15, 0.2) is 0 Å². The summed E-state index contributed by atoms with van der Waals surface area (Å²) in [7, 11) is 0. The number of benzene rings is 3. The minimum Gasteiger partial charge on any atom is -0.490 e. The number of hydrogen-bond acceptors (Lipinski definition) is 6. The van der Waals surface area contributed by atoms with Crippen molar-refractivity contribution in [1.29, 1.82) is 0 Å². The highest BCUT2D eigenvalue weighted by atomic mass is 16.6. The molecule has 0 fully saturated rings. The summed E-state index contributed by atoms with van der Waals surface area (Å²) in [6.45, 7) is 7.58. The van der Waals surface area contributed by atoms with Gasteiger partial charge < -0.3 is 18.9 Å². The van der Waals surface area contributed by atoms with E-state index in [4.69, 9.17) is 18.9 Å². The van der Waals surface area contributed by atoms with Crippen LogP contribution in [0.4, 0.5) is 0 Å². The van der Waals surface area contributed by atoms with Gasteiger partial charge in [-0.2, -0.15) is 0 Å². The first-order valence-corrected chi connectivity index (χ1v) is 10.7. The maximum absolute atomic E-state index is 11.0. The van der Waals surface area contributed by atoms with E-state index < -0.39 is 11.9 Å². The van der Waals surface area contributed by atoms with Gasteiger partial charge in [0.2, 0.25) is 0 Å². The van der Waals surface area contributed by atoms with E-state index in [0.717, 1.165) is 34.4 Å². The molecule has 3 aromatic rings. The molecule has 0 aliphatic rings. The first-order chi connectivity index (χ1) is 16.6. The normalized spacial score (nSPS) is 10.1. The molecule has 0 amide bonds. The SMILES string of the molecule is C=CC(=O)OCCOc1ccc(-c2cccc(-c3ccc(OCCOC(=O)C=C)cc3)c2)cc1. The van der Waals surface area contributed by atoms with Crippen LogP contribution in [0.1, 0.15) is 0 Å². The maximum atomic E-state index is 11.0. The lowest BCUT2D eigenvalue weighted by Crippen LogP contribution is -2.10. The lowest BCUT2D eigenvalue weighted by atomic mass is 9.99. The lowest BCUT2D eigenvalue weighted by molar-refractivity contribution is -0.139. The van der Waals surface area contributed by atoms with E-state index in [1.165, 1.54) is 0 Å². The van der Waals surface area contributed by atoms with E-state index in [1.54, 1.807) is 0 Å². The average Bonchev–Trinajstić information content (AvgIpc) is 2.89. The van der Waals surface area contributed by atoms with E-state index in [1.807, 2.05) is 54.6 Å². The summed E-state index contributed by atoms with van der Waals surface area (Å²) in [5, 5.41) is 0. The molecule has 6 nitrogen and oxygen atoms in total. The standard InChI is InChI=1S/C28H26O6/c1-3-27(29)33-18-16-31-25-12-8-21(9-13-25)23-6-5-7-24(20-23)22-10-14-26(15-11-22)32-17-19-34-28(30)4-2/h3-15,20H,1-2,16-19H2. The summed E-state index contributed by atoms with van der Waals surface area (Å²) in [4.78, 5) is 22.1. The maximum Gasteiger partial charge on any atom is 0.330 e. The zero-order chi connectivity index (χ0) is 24.2. The molecule has 0 radical (unpaired) electrons. The first kappa shape index (κ1) is 24.3. The molecular formula is C28H26O6. The van der Waals surface area contributed by atoms with Crippen molar-refractivity contribution in [3.05, 3.63) is 98.1 Å². The van der Waals surface area contributed by atoms with Crippen LogP contribution in [0.3, 0.4) is 0 Å². The summed E-state index contributed by atoms with van der Waals surface area (Å²) in [6, 6.07) is 23.7. The molecule has 0 bridgehead atoms. The van der Waals surface area contributed by atoms with Crippen molar-refractivity contribution in [1.82, 2.24) is 0 Å². The number of carbonyl (C=O) groups excluding carboxylic acids is 2. The Morgan fingerprint density at radius 2 is 1.00 bits per heavy atom. The fraction of sp³-hybridized carbons (Fsp3) is 0.143. The van der Waals surface area contributed by atoms with Gasteiger partial charge in [-0.25, -0.2) is 9.59 Å². The largest absolute Gasteiger partial charge is 0.490 e. The third kappa shape index (κ3) is 7.38. The van der Waals surface area contributed by atoms with Gasteiger partial charge in [0.25, 0.3) is 0 Å². The molecule has 0 aliphatic carbocycles. The number of ether oxygens (including phenoxy) is 4. The number of esters is 2. The molecule has 0 atom stereocenters. The second-order valence-corrected chi connectivity index (χ2v) is 7.07. The predicted molar refractivity (Wildman–Crippen MR) is 131 cm³/mol. The van der Waals surface area contributed by atoms with Crippen LogP contribution in [0.15, 0.2) is 98.1 Å². The summed E-state index contributed by atoms with van der Waals surface area (Å²) < 4.78 is 21.0. The molecular weight excluding hydrogens is 432 g/mol. The number of carbonyl (C=O) groups is 2. The Bertz CT molecular complexity index is 1030. The summed E-state index contributed by atoms with van der Waals surface area (Å²) >= 11 is 0. The Hall–Kier alpha value is -4.32. The van der Waals surface area contributed by atoms with E-state index in [-0.39, 0.29) is 26.4 Å². The van der Waals surface area contributed by atoms with Gasteiger partial charge in [-0.05, 0) is 52.6 Å². The molecule has 6 heteroatoms. The van der Waals surface area contributed by atoms with E-state index in [0.29, 0.717) is 11.5 Å². The Morgan fingerprint density at radius 3 is 1.38 bits per heavy atom. The fourth-order valence-electron chi connectivity index (χ4n) is 3.09. The average molecular weight is 459 g/mol. The van der Waals surface area contributed by atoms with Crippen LogP contribution in [0.25, 0.3) is 22.3 Å². The smallest absolute Gasteiger partial charge is 0.330 e. The van der Waals surface area contributed by atoms with Crippen molar-refractivity contribution in [2.45, 2.75) is 0 Å². The van der Waals surface area contributed by atoms with Gasteiger partial charge in [0, 0.05) is 12.2 Å². The van der Waals surface area contributed by atoms with Crippen LogP contribution < -0.4 is 9.47 Å². The van der Waals surface area contributed by atoms with Crippen LogP contribution in [0, 0.1) is 0 Å².